The molecule has 0 saturated heterocycles. The average Bonchev–Trinajstić information content (AvgIpc) is 3.87. The van der Waals surface area contributed by atoms with Crippen molar-refractivity contribution < 1.29 is 37.1 Å². The normalized spacial score (nSPS) is 14.9. The monoisotopic (exact) mass is 1010 g/mol. The van der Waals surface area contributed by atoms with E-state index < -0.39 is 32.8 Å². The first-order valence-corrected chi connectivity index (χ1v) is 26.2. The molecule has 5 aromatic carbocycles. The van der Waals surface area contributed by atoms with Crippen molar-refractivity contribution in [3.63, 3.8) is 0 Å². The predicted molar refractivity (Wildman–Crippen MR) is 234 cm³/mol. The number of furan rings is 1. The van der Waals surface area contributed by atoms with Crippen molar-refractivity contribution in [3.05, 3.63) is 161 Å². The summed E-state index contributed by atoms with van der Waals surface area (Å²) in [6, 6.07) is 40.8. The molecule has 0 bridgehead atoms. The third kappa shape index (κ3) is 6.83. The second-order valence-corrected chi connectivity index (χ2v) is 26.8. The molecule has 0 saturated carbocycles. The Hall–Kier alpha value is -5.21. The van der Waals surface area contributed by atoms with Gasteiger partial charge in [0.15, 0.2) is 0 Å². The Morgan fingerprint density at radius 2 is 1.62 bits per heavy atom. The third-order valence-corrected chi connectivity index (χ3v) is 15.2. The summed E-state index contributed by atoms with van der Waals surface area (Å²) < 4.78 is 68.5. The molecule has 58 heavy (non-hydrogen) atoms. The van der Waals surface area contributed by atoms with Gasteiger partial charge in [0.2, 0.25) is 5.71 Å². The number of rotatable bonds is 4. The standard InChI is InChI=1S/C35H26N3O.C15H17FGeN.Ir/c1-20-17-25-23-9-5-6-10-27(23)35(3,4)28(25)19-31(20)38-30-12-8-7-11-29(30)37-33(38)22-14-16-32-26(18-22)24-15-13-21(2)36-34(24)39-32;1-11-5-7-13(14(16)9-11)15-8-6-12(10-18-15)17(2,3)4;/h5-13,15-19H,1-4H3;5-6,8-10H,1-4H3;/q2*-1;/i2D3;1D3;. The van der Waals surface area contributed by atoms with Crippen LogP contribution in [-0.4, -0.2) is 32.8 Å². The summed E-state index contributed by atoms with van der Waals surface area (Å²) in [5, 5.41) is 1.59. The predicted octanol–water partition coefficient (Wildman–Crippen LogP) is 12.2. The zero-order chi connectivity index (χ0) is 44.8. The molecule has 9 aromatic rings. The number of aromatic nitrogens is 4. The van der Waals surface area contributed by atoms with Crippen molar-refractivity contribution in [2.75, 3.05) is 0 Å². The van der Waals surface area contributed by atoms with Crippen LogP contribution >= 0.6 is 0 Å². The first kappa shape index (κ1) is 32.7. The van der Waals surface area contributed by atoms with Crippen LogP contribution in [0.3, 0.4) is 0 Å². The first-order valence-electron chi connectivity index (χ1n) is 21.9. The minimum atomic E-state index is -2.33. The zero-order valence-corrected chi connectivity index (χ0v) is 37.4. The molecule has 10 rings (SSSR count). The molecule has 0 amide bonds. The van der Waals surface area contributed by atoms with Gasteiger partial charge in [-0.2, -0.15) is 0 Å². The van der Waals surface area contributed by atoms with E-state index >= 15 is 0 Å². The maximum Gasteiger partial charge on any atom is 0.216 e. The van der Waals surface area contributed by atoms with Crippen LogP contribution in [0.2, 0.25) is 17.3 Å². The molecule has 291 valence electrons. The maximum absolute atomic E-state index is 14.1. The van der Waals surface area contributed by atoms with Gasteiger partial charge >= 0.3 is 114 Å². The largest absolute Gasteiger partial charge is 0.486 e. The van der Waals surface area contributed by atoms with Gasteiger partial charge in [-0.15, -0.1) is 23.8 Å². The van der Waals surface area contributed by atoms with Gasteiger partial charge in [0.05, 0.1) is 22.4 Å². The molecule has 0 aliphatic heterocycles. The van der Waals surface area contributed by atoms with Crippen molar-refractivity contribution in [2.45, 2.75) is 57.2 Å². The smallest absolute Gasteiger partial charge is 0.216 e. The van der Waals surface area contributed by atoms with Crippen LogP contribution < -0.4 is 4.40 Å². The number of halogens is 1. The molecular formula is C50H43FGeIrN4O-2. The Morgan fingerprint density at radius 3 is 2.38 bits per heavy atom. The van der Waals surface area contributed by atoms with E-state index in [0.717, 1.165) is 50.5 Å². The summed E-state index contributed by atoms with van der Waals surface area (Å²) in [4.78, 5) is 13.7. The van der Waals surface area contributed by atoms with Gasteiger partial charge in [-0.05, 0) is 78.0 Å². The minimum absolute atomic E-state index is 0. The van der Waals surface area contributed by atoms with Crippen molar-refractivity contribution in [3.8, 4) is 39.5 Å². The molecule has 0 N–H and O–H groups in total. The molecule has 8 heteroatoms. The number of hydrogen-bond acceptors (Lipinski definition) is 4. The quantitative estimate of drug-likeness (QED) is 0.130. The summed E-state index contributed by atoms with van der Waals surface area (Å²) in [5.74, 6) is 6.94. The molecule has 4 aromatic heterocycles. The number of fused-ring (bicyclic) bond motifs is 7. The van der Waals surface area contributed by atoms with Crippen LogP contribution in [0.25, 0.3) is 72.6 Å². The van der Waals surface area contributed by atoms with E-state index in [1.807, 2.05) is 30.3 Å². The van der Waals surface area contributed by atoms with E-state index in [1.165, 1.54) is 32.7 Å². The maximum atomic E-state index is 14.1. The van der Waals surface area contributed by atoms with Gasteiger partial charge < -0.3 is 8.98 Å². The van der Waals surface area contributed by atoms with Gasteiger partial charge in [0.25, 0.3) is 0 Å². The van der Waals surface area contributed by atoms with Crippen LogP contribution in [0.5, 0.6) is 0 Å². The number of aryl methyl sites for hydroxylation is 3. The molecule has 1 radical (unpaired) electrons. The van der Waals surface area contributed by atoms with Crippen molar-refractivity contribution in [1.29, 1.82) is 0 Å². The molecule has 0 atom stereocenters. The van der Waals surface area contributed by atoms with Gasteiger partial charge in [0.1, 0.15) is 0 Å². The first-order chi connectivity index (χ1) is 29.7. The number of para-hydroxylation sites is 2. The molecule has 0 unspecified atom stereocenters. The average molecular weight is 1010 g/mol. The van der Waals surface area contributed by atoms with Crippen LogP contribution in [0, 0.1) is 38.6 Å². The number of benzene rings is 5. The molecule has 4 heterocycles. The fourth-order valence-corrected chi connectivity index (χ4v) is 10.1. The van der Waals surface area contributed by atoms with E-state index in [4.69, 9.17) is 17.6 Å². The molecule has 0 spiro atoms. The van der Waals surface area contributed by atoms with Crippen molar-refractivity contribution >= 4 is 50.8 Å². The number of imidazole rings is 1. The summed E-state index contributed by atoms with van der Waals surface area (Å²) >= 11 is -1.94. The summed E-state index contributed by atoms with van der Waals surface area (Å²) in [6.45, 7) is 2.11. The van der Waals surface area contributed by atoms with Crippen LogP contribution in [0.4, 0.5) is 4.39 Å². The Morgan fingerprint density at radius 1 is 0.810 bits per heavy atom. The Kier molecular flexibility index (Phi) is 8.39. The number of hydrogen-bond donors (Lipinski definition) is 0. The van der Waals surface area contributed by atoms with Crippen molar-refractivity contribution in [2.24, 2.45) is 0 Å². The summed E-state index contributed by atoms with van der Waals surface area (Å²) in [6.07, 6.45) is 1.79. The fourth-order valence-electron chi connectivity index (χ4n) is 7.92. The van der Waals surface area contributed by atoms with Crippen LogP contribution in [0.1, 0.15) is 50.0 Å². The molecule has 1 aliphatic rings. The summed E-state index contributed by atoms with van der Waals surface area (Å²) in [5.41, 5.74) is 11.6. The van der Waals surface area contributed by atoms with E-state index in [-0.39, 0.29) is 42.3 Å². The van der Waals surface area contributed by atoms with Crippen LogP contribution in [0.15, 0.2) is 120 Å². The third-order valence-electron chi connectivity index (χ3n) is 11.0. The molecule has 1 aliphatic carbocycles. The fraction of sp³-hybridized carbons (Fsp3) is 0.180. The van der Waals surface area contributed by atoms with E-state index in [0.29, 0.717) is 17.0 Å². The van der Waals surface area contributed by atoms with E-state index in [2.05, 4.69) is 107 Å². The van der Waals surface area contributed by atoms with Gasteiger partial charge in [-0.3, -0.25) is 4.98 Å². The number of nitrogens with zero attached hydrogens (tertiary/aromatic N) is 4. The Balaban J connectivity index is 0.000000216. The van der Waals surface area contributed by atoms with Gasteiger partial charge in [-0.1, -0.05) is 55.6 Å². The zero-order valence-electron chi connectivity index (χ0n) is 38.9. The SMILES string of the molecule is [2H]C([2H])([2H])c1c[c-]c(-c2cc[c]([Ge]([CH3])([CH3])[CH3])cn2)c(F)c1.[2H]C([2H])([2H])c1ccc2c(n1)oc1c[c-]c(-c3nc4ccccc4n3-c3cc4c(cc3C)-c3ccccc3C4(C)C)cc12.[Ir]. The second-order valence-electron chi connectivity index (χ2n) is 16.2. The molecule has 0 fully saturated rings. The van der Waals surface area contributed by atoms with Gasteiger partial charge in [-0.25, -0.2) is 4.98 Å². The van der Waals surface area contributed by atoms with Crippen molar-refractivity contribution in [1.82, 2.24) is 19.5 Å². The second kappa shape index (κ2) is 14.9. The molecular weight excluding hydrogens is 956 g/mol. The summed E-state index contributed by atoms with van der Waals surface area (Å²) in [7, 11) is 0. The number of pyridine rings is 2. The minimum Gasteiger partial charge on any atom is -0.486 e. The molecule has 5 nitrogen and oxygen atoms in total. The Bertz CT molecular complexity index is 3260. The van der Waals surface area contributed by atoms with E-state index in [9.17, 15) is 4.39 Å². The Labute approximate surface area is 363 Å². The topological polar surface area (TPSA) is 56.7 Å². The van der Waals surface area contributed by atoms with Gasteiger partial charge in [0, 0.05) is 46.4 Å². The van der Waals surface area contributed by atoms with E-state index in [1.54, 1.807) is 30.5 Å². The van der Waals surface area contributed by atoms with Crippen LogP contribution in [-0.2, 0) is 25.5 Å².